The lowest BCUT2D eigenvalue weighted by Gasteiger charge is -2.01. The number of carboxylic acid groups (broad SMARTS) is 2. The van der Waals surface area contributed by atoms with E-state index in [4.69, 9.17) is 0 Å². The number of aryl methyl sites for hydroxylation is 1. The molecule has 0 spiro atoms. The molecule has 0 unspecified atom stereocenters. The van der Waals surface area contributed by atoms with Gasteiger partial charge in [-0.25, -0.2) is 0 Å². The lowest BCUT2D eigenvalue weighted by atomic mass is 10.3. The number of aromatic carboxylic acids is 2. The molecule has 5 heteroatoms. The Morgan fingerprint density at radius 3 is 2.17 bits per heavy atom. The van der Waals surface area contributed by atoms with Crippen molar-refractivity contribution in [2.24, 2.45) is 7.05 Å². The molecule has 12 heavy (non-hydrogen) atoms. The molecular weight excluding hydrogens is 162 g/mol. The second-order valence-electron chi connectivity index (χ2n) is 2.30. The van der Waals surface area contributed by atoms with E-state index in [2.05, 4.69) is 0 Å². The summed E-state index contributed by atoms with van der Waals surface area (Å²) in [6, 6.07) is 0.991. The van der Waals surface area contributed by atoms with Crippen molar-refractivity contribution in [1.82, 2.24) is 4.57 Å². The van der Waals surface area contributed by atoms with Gasteiger partial charge in [-0.15, -0.1) is 0 Å². The molecule has 0 radical (unpaired) electrons. The summed E-state index contributed by atoms with van der Waals surface area (Å²) in [6.45, 7) is 0. The number of hydrogen-bond donors (Lipinski definition) is 0. The topological polar surface area (TPSA) is 85.2 Å². The van der Waals surface area contributed by atoms with Gasteiger partial charge in [0.2, 0.25) is 0 Å². The monoisotopic (exact) mass is 167 g/mol. The molecule has 64 valence electrons. The molecule has 0 saturated heterocycles. The van der Waals surface area contributed by atoms with Crippen LogP contribution in [0.4, 0.5) is 0 Å². The van der Waals surface area contributed by atoms with E-state index < -0.39 is 11.9 Å². The van der Waals surface area contributed by atoms with Crippen molar-refractivity contribution in [2.75, 3.05) is 0 Å². The highest BCUT2D eigenvalue weighted by Gasteiger charge is 2.03. The summed E-state index contributed by atoms with van der Waals surface area (Å²) in [6.07, 6.45) is 1.15. The second kappa shape index (κ2) is 2.69. The Balaban J connectivity index is 3.17. The predicted molar refractivity (Wildman–Crippen MR) is 34.1 cm³/mol. The van der Waals surface area contributed by atoms with Crippen LogP contribution in [0.15, 0.2) is 12.3 Å². The maximum atomic E-state index is 10.3. The first-order valence-corrected chi connectivity index (χ1v) is 3.11. The van der Waals surface area contributed by atoms with Gasteiger partial charge in [-0.3, -0.25) is 0 Å². The summed E-state index contributed by atoms with van der Waals surface area (Å²) in [5, 5.41) is 20.6. The van der Waals surface area contributed by atoms with Crippen molar-refractivity contribution in [3.63, 3.8) is 0 Å². The maximum Gasteiger partial charge on any atom is 0.0880 e. The van der Waals surface area contributed by atoms with Gasteiger partial charge in [-0.05, 0) is 6.07 Å². The number of carbonyl (C=O) groups excluding carboxylic acids is 2. The molecule has 1 rings (SSSR count). The normalized spacial score (nSPS) is 9.75. The Kier molecular flexibility index (Phi) is 1.86. The number of rotatable bonds is 2. The van der Waals surface area contributed by atoms with Crippen LogP contribution in [0.25, 0.3) is 0 Å². The van der Waals surface area contributed by atoms with E-state index >= 15 is 0 Å². The molecule has 0 atom stereocenters. The molecule has 1 aromatic heterocycles. The quantitative estimate of drug-likeness (QED) is 0.498. The lowest BCUT2D eigenvalue weighted by molar-refractivity contribution is -0.256. The third kappa shape index (κ3) is 1.29. The van der Waals surface area contributed by atoms with Crippen molar-refractivity contribution in [2.45, 2.75) is 0 Å². The van der Waals surface area contributed by atoms with Gasteiger partial charge >= 0.3 is 0 Å². The van der Waals surface area contributed by atoms with Crippen molar-refractivity contribution in [3.8, 4) is 0 Å². The van der Waals surface area contributed by atoms with Crippen LogP contribution in [0.3, 0.4) is 0 Å². The average molecular weight is 167 g/mol. The van der Waals surface area contributed by atoms with E-state index in [1.807, 2.05) is 0 Å². The second-order valence-corrected chi connectivity index (χ2v) is 2.30. The summed E-state index contributed by atoms with van der Waals surface area (Å²) >= 11 is 0. The minimum Gasteiger partial charge on any atom is -0.545 e. The third-order valence-electron chi connectivity index (χ3n) is 1.45. The SMILES string of the molecule is Cn1cc(C(=O)[O-])cc1C(=O)[O-]. The number of carbonyl (C=O) groups is 2. The molecule has 1 heterocycles. The highest BCUT2D eigenvalue weighted by Crippen LogP contribution is 2.04. The number of aromatic nitrogens is 1. The smallest absolute Gasteiger partial charge is 0.0880 e. The van der Waals surface area contributed by atoms with E-state index in [-0.39, 0.29) is 11.3 Å². The zero-order valence-corrected chi connectivity index (χ0v) is 6.23. The first kappa shape index (κ1) is 8.32. The van der Waals surface area contributed by atoms with E-state index in [1.54, 1.807) is 0 Å². The Morgan fingerprint density at radius 2 is 1.92 bits per heavy atom. The van der Waals surface area contributed by atoms with Crippen LogP contribution in [-0.2, 0) is 7.05 Å². The first-order valence-electron chi connectivity index (χ1n) is 3.11. The lowest BCUT2D eigenvalue weighted by Crippen LogP contribution is -2.24. The van der Waals surface area contributed by atoms with Gasteiger partial charge in [0.25, 0.3) is 0 Å². The van der Waals surface area contributed by atoms with Crippen LogP contribution in [-0.4, -0.2) is 16.5 Å². The zero-order valence-electron chi connectivity index (χ0n) is 6.23. The molecule has 0 aromatic carbocycles. The van der Waals surface area contributed by atoms with Crippen molar-refractivity contribution >= 4 is 11.9 Å². The summed E-state index contributed by atoms with van der Waals surface area (Å²) in [5.41, 5.74) is -0.356. The molecule has 0 bridgehead atoms. The summed E-state index contributed by atoms with van der Waals surface area (Å²) in [7, 11) is 1.41. The molecule has 0 amide bonds. The Morgan fingerprint density at radius 1 is 1.33 bits per heavy atom. The fraction of sp³-hybridized carbons (Fsp3) is 0.143. The zero-order chi connectivity index (χ0) is 9.30. The number of nitrogens with zero attached hydrogens (tertiary/aromatic N) is 1. The molecule has 0 fully saturated rings. The highest BCUT2D eigenvalue weighted by atomic mass is 16.4. The number of carboxylic acids is 2. The molecule has 1 aromatic rings. The fourth-order valence-electron chi connectivity index (χ4n) is 0.879. The molecule has 0 aliphatic carbocycles. The van der Waals surface area contributed by atoms with Crippen LogP contribution >= 0.6 is 0 Å². The van der Waals surface area contributed by atoms with Gasteiger partial charge in [-0.2, -0.15) is 0 Å². The Bertz CT molecular complexity index is 339. The van der Waals surface area contributed by atoms with Crippen LogP contribution in [0, 0.1) is 0 Å². The van der Waals surface area contributed by atoms with Crippen LogP contribution in [0.5, 0.6) is 0 Å². The molecule has 5 nitrogen and oxygen atoms in total. The summed E-state index contributed by atoms with van der Waals surface area (Å²) in [5.74, 6) is -2.82. The minimum atomic E-state index is -1.41. The van der Waals surface area contributed by atoms with E-state index in [0.29, 0.717) is 0 Å². The van der Waals surface area contributed by atoms with Gasteiger partial charge < -0.3 is 24.4 Å². The van der Waals surface area contributed by atoms with E-state index in [1.165, 1.54) is 7.05 Å². The van der Waals surface area contributed by atoms with Gasteiger partial charge in [-0.1, -0.05) is 0 Å². The van der Waals surface area contributed by atoms with Gasteiger partial charge in [0.1, 0.15) is 0 Å². The average Bonchev–Trinajstić information content (AvgIpc) is 2.30. The van der Waals surface area contributed by atoms with Crippen molar-refractivity contribution < 1.29 is 19.8 Å². The molecule has 0 saturated carbocycles. The van der Waals surface area contributed by atoms with Crippen LogP contribution in [0.2, 0.25) is 0 Å². The van der Waals surface area contributed by atoms with Crippen LogP contribution < -0.4 is 10.2 Å². The third-order valence-corrected chi connectivity index (χ3v) is 1.45. The predicted octanol–water partition coefficient (Wildman–Crippen LogP) is -2.25. The fourth-order valence-corrected chi connectivity index (χ4v) is 0.879. The Hall–Kier alpha value is -1.78. The van der Waals surface area contributed by atoms with Crippen molar-refractivity contribution in [3.05, 3.63) is 23.5 Å². The van der Waals surface area contributed by atoms with E-state index in [0.717, 1.165) is 16.8 Å². The van der Waals surface area contributed by atoms with Gasteiger partial charge in [0.05, 0.1) is 17.6 Å². The highest BCUT2D eigenvalue weighted by molar-refractivity contribution is 5.91. The number of hydrogen-bond acceptors (Lipinski definition) is 4. The largest absolute Gasteiger partial charge is 0.545 e. The molecule has 0 N–H and O–H groups in total. The minimum absolute atomic E-state index is 0.170. The van der Waals surface area contributed by atoms with Gasteiger partial charge in [0, 0.05) is 18.8 Å². The van der Waals surface area contributed by atoms with E-state index in [9.17, 15) is 19.8 Å². The van der Waals surface area contributed by atoms with Crippen molar-refractivity contribution in [1.29, 1.82) is 0 Å². The van der Waals surface area contributed by atoms with Gasteiger partial charge in [0.15, 0.2) is 0 Å². The summed E-state index contributed by atoms with van der Waals surface area (Å²) in [4.78, 5) is 20.6. The standard InChI is InChI=1S/C7H7NO4/c1-8-3-4(6(9)10)2-5(8)7(11)12/h2-3H,1H3,(H,9,10)(H,11,12)/p-2. The Labute approximate surface area is 67.9 Å². The molecule has 0 aliphatic heterocycles. The maximum absolute atomic E-state index is 10.3. The first-order chi connectivity index (χ1) is 5.52. The molecule has 0 aliphatic rings. The van der Waals surface area contributed by atoms with Crippen LogP contribution in [0.1, 0.15) is 20.8 Å². The molecular formula is C7H5NO4-2. The summed E-state index contributed by atoms with van der Waals surface area (Å²) < 4.78 is 1.15.